The molecule has 6 heteroatoms. The molecule has 0 aliphatic rings. The van der Waals surface area contributed by atoms with Gasteiger partial charge in [0.05, 0.1) is 12.5 Å². The van der Waals surface area contributed by atoms with Crippen molar-refractivity contribution in [2.75, 3.05) is 5.32 Å². The Morgan fingerprint density at radius 2 is 1.95 bits per heavy atom. The molecule has 1 aromatic heterocycles. The Kier molecular flexibility index (Phi) is 5.17. The number of aliphatic hydroxyl groups excluding tert-OH is 1. The summed E-state index contributed by atoms with van der Waals surface area (Å²) < 4.78 is 0. The van der Waals surface area contributed by atoms with Gasteiger partial charge in [0.15, 0.2) is 0 Å². The van der Waals surface area contributed by atoms with Gasteiger partial charge in [0, 0.05) is 16.2 Å². The van der Waals surface area contributed by atoms with Crippen LogP contribution in [0.3, 0.4) is 0 Å². The van der Waals surface area contributed by atoms with Gasteiger partial charge in [-0.2, -0.15) is 0 Å². The highest BCUT2D eigenvalue weighted by atomic mass is 35.5. The minimum absolute atomic E-state index is 0.105. The molecule has 1 amide bonds. The predicted octanol–water partition coefficient (Wildman–Crippen LogP) is 3.76. The Bertz CT molecular complexity index is 624. The van der Waals surface area contributed by atoms with E-state index < -0.39 is 6.10 Å². The maximum atomic E-state index is 11.9. The van der Waals surface area contributed by atoms with Crippen molar-refractivity contribution in [3.8, 4) is 0 Å². The van der Waals surface area contributed by atoms with Gasteiger partial charge in [-0.05, 0) is 42.3 Å². The SMILES string of the molecule is Cc1ccc(NC(=O)CC(O)c2cc(Cl)cc(Cl)c2)nc1. The number of carbonyl (C=O) groups excluding carboxylic acids is 1. The van der Waals surface area contributed by atoms with Gasteiger partial charge in [-0.25, -0.2) is 4.98 Å². The third-order valence-electron chi connectivity index (χ3n) is 2.83. The molecule has 0 fully saturated rings. The molecule has 1 atom stereocenters. The van der Waals surface area contributed by atoms with E-state index in [4.69, 9.17) is 23.2 Å². The number of aryl methyl sites for hydroxylation is 1. The van der Waals surface area contributed by atoms with Crippen LogP contribution >= 0.6 is 23.2 Å². The Morgan fingerprint density at radius 1 is 1.29 bits per heavy atom. The van der Waals surface area contributed by atoms with Crippen molar-refractivity contribution < 1.29 is 9.90 Å². The summed E-state index contributed by atoms with van der Waals surface area (Å²) in [4.78, 5) is 15.9. The molecule has 1 heterocycles. The molecule has 21 heavy (non-hydrogen) atoms. The standard InChI is InChI=1S/C15H14Cl2N2O2/c1-9-2-3-14(18-8-9)19-15(21)7-13(20)10-4-11(16)6-12(17)5-10/h2-6,8,13,20H,7H2,1H3,(H,18,19,21). The fourth-order valence-electron chi connectivity index (χ4n) is 1.80. The van der Waals surface area contributed by atoms with Gasteiger partial charge in [0.25, 0.3) is 0 Å². The second kappa shape index (κ2) is 6.89. The number of amides is 1. The van der Waals surface area contributed by atoms with E-state index in [-0.39, 0.29) is 12.3 Å². The van der Waals surface area contributed by atoms with E-state index in [1.165, 1.54) is 0 Å². The van der Waals surface area contributed by atoms with Crippen LogP contribution in [0.4, 0.5) is 5.82 Å². The summed E-state index contributed by atoms with van der Waals surface area (Å²) in [5.41, 5.74) is 1.50. The van der Waals surface area contributed by atoms with E-state index in [0.717, 1.165) is 5.56 Å². The van der Waals surface area contributed by atoms with Gasteiger partial charge < -0.3 is 10.4 Å². The van der Waals surface area contributed by atoms with E-state index >= 15 is 0 Å². The maximum Gasteiger partial charge on any atom is 0.228 e. The first-order valence-electron chi connectivity index (χ1n) is 6.30. The molecular weight excluding hydrogens is 311 g/mol. The number of halogens is 2. The lowest BCUT2D eigenvalue weighted by molar-refractivity contribution is -0.118. The van der Waals surface area contributed by atoms with E-state index in [9.17, 15) is 9.90 Å². The van der Waals surface area contributed by atoms with E-state index in [0.29, 0.717) is 21.4 Å². The normalized spacial score (nSPS) is 12.0. The number of carbonyl (C=O) groups is 1. The Morgan fingerprint density at radius 3 is 2.52 bits per heavy atom. The first-order chi connectivity index (χ1) is 9.94. The number of aliphatic hydroxyl groups is 1. The maximum absolute atomic E-state index is 11.9. The molecule has 4 nitrogen and oxygen atoms in total. The van der Waals surface area contributed by atoms with Crippen LogP contribution in [0.1, 0.15) is 23.7 Å². The van der Waals surface area contributed by atoms with Crippen LogP contribution in [-0.4, -0.2) is 16.0 Å². The molecule has 0 spiro atoms. The van der Waals surface area contributed by atoms with Gasteiger partial charge in [-0.3, -0.25) is 4.79 Å². The highest BCUT2D eigenvalue weighted by molar-refractivity contribution is 6.34. The van der Waals surface area contributed by atoms with Crippen LogP contribution in [-0.2, 0) is 4.79 Å². The third kappa shape index (κ3) is 4.70. The van der Waals surface area contributed by atoms with Crippen molar-refractivity contribution in [1.82, 2.24) is 4.98 Å². The molecule has 0 aliphatic heterocycles. The molecule has 0 radical (unpaired) electrons. The molecule has 0 aliphatic carbocycles. The molecule has 1 aromatic carbocycles. The van der Waals surface area contributed by atoms with Crippen molar-refractivity contribution in [2.24, 2.45) is 0 Å². The third-order valence-corrected chi connectivity index (χ3v) is 3.26. The van der Waals surface area contributed by atoms with Gasteiger partial charge in [0.2, 0.25) is 5.91 Å². The minimum Gasteiger partial charge on any atom is -0.388 e. The smallest absolute Gasteiger partial charge is 0.228 e. The molecule has 2 aromatic rings. The van der Waals surface area contributed by atoms with Gasteiger partial charge in [0.1, 0.15) is 5.82 Å². The number of pyridine rings is 1. The Labute approximate surface area is 132 Å². The molecule has 2 rings (SSSR count). The topological polar surface area (TPSA) is 62.2 Å². The predicted molar refractivity (Wildman–Crippen MR) is 83.6 cm³/mol. The number of nitrogens with zero attached hydrogens (tertiary/aromatic N) is 1. The van der Waals surface area contributed by atoms with Gasteiger partial charge in [-0.1, -0.05) is 29.3 Å². The number of benzene rings is 1. The fourth-order valence-corrected chi connectivity index (χ4v) is 2.34. The highest BCUT2D eigenvalue weighted by Crippen LogP contribution is 2.25. The summed E-state index contributed by atoms with van der Waals surface area (Å²) in [6, 6.07) is 8.27. The van der Waals surface area contributed by atoms with Crippen LogP contribution in [0.15, 0.2) is 36.5 Å². The van der Waals surface area contributed by atoms with Crippen molar-refractivity contribution in [2.45, 2.75) is 19.4 Å². The van der Waals surface area contributed by atoms with Gasteiger partial charge >= 0.3 is 0 Å². The largest absolute Gasteiger partial charge is 0.388 e. The summed E-state index contributed by atoms with van der Waals surface area (Å²) in [7, 11) is 0. The number of aromatic nitrogens is 1. The Balaban J connectivity index is 2.00. The zero-order valence-electron chi connectivity index (χ0n) is 11.3. The quantitative estimate of drug-likeness (QED) is 0.900. The zero-order chi connectivity index (χ0) is 15.4. The van der Waals surface area contributed by atoms with Crippen molar-refractivity contribution in [3.63, 3.8) is 0 Å². The monoisotopic (exact) mass is 324 g/mol. The molecular formula is C15H14Cl2N2O2. The molecule has 110 valence electrons. The highest BCUT2D eigenvalue weighted by Gasteiger charge is 2.14. The van der Waals surface area contributed by atoms with Gasteiger partial charge in [-0.15, -0.1) is 0 Å². The first-order valence-corrected chi connectivity index (χ1v) is 7.06. The number of rotatable bonds is 4. The lowest BCUT2D eigenvalue weighted by atomic mass is 10.1. The number of hydrogen-bond acceptors (Lipinski definition) is 3. The molecule has 0 saturated heterocycles. The molecule has 1 unspecified atom stereocenters. The number of hydrogen-bond donors (Lipinski definition) is 2. The summed E-state index contributed by atoms with van der Waals surface area (Å²) in [5.74, 6) is 0.108. The number of nitrogens with one attached hydrogen (secondary N) is 1. The van der Waals surface area contributed by atoms with Crippen LogP contribution in [0.2, 0.25) is 10.0 Å². The molecule has 0 saturated carbocycles. The van der Waals surface area contributed by atoms with E-state index in [1.54, 1.807) is 30.5 Å². The fraction of sp³-hybridized carbons (Fsp3) is 0.200. The average molecular weight is 325 g/mol. The summed E-state index contributed by atoms with van der Waals surface area (Å²) in [6.07, 6.45) is 0.571. The van der Waals surface area contributed by atoms with Crippen LogP contribution in [0, 0.1) is 6.92 Å². The average Bonchev–Trinajstić information content (AvgIpc) is 2.40. The second-order valence-electron chi connectivity index (χ2n) is 4.69. The minimum atomic E-state index is -0.980. The summed E-state index contributed by atoms with van der Waals surface area (Å²) in [5, 5.41) is 13.5. The zero-order valence-corrected chi connectivity index (χ0v) is 12.8. The molecule has 0 bridgehead atoms. The lowest BCUT2D eigenvalue weighted by Crippen LogP contribution is -2.16. The first kappa shape index (κ1) is 15.8. The summed E-state index contributed by atoms with van der Waals surface area (Å²) >= 11 is 11.7. The van der Waals surface area contributed by atoms with Crippen molar-refractivity contribution >= 4 is 34.9 Å². The van der Waals surface area contributed by atoms with Crippen LogP contribution < -0.4 is 5.32 Å². The molecule has 2 N–H and O–H groups in total. The van der Waals surface area contributed by atoms with Crippen LogP contribution in [0.25, 0.3) is 0 Å². The number of anilines is 1. The van der Waals surface area contributed by atoms with E-state index in [2.05, 4.69) is 10.3 Å². The van der Waals surface area contributed by atoms with Crippen LogP contribution in [0.5, 0.6) is 0 Å². The summed E-state index contributed by atoms with van der Waals surface area (Å²) in [6.45, 7) is 1.91. The van der Waals surface area contributed by atoms with Crippen molar-refractivity contribution in [1.29, 1.82) is 0 Å². The van der Waals surface area contributed by atoms with Crippen molar-refractivity contribution in [3.05, 3.63) is 57.7 Å². The van der Waals surface area contributed by atoms with E-state index in [1.807, 2.05) is 13.0 Å². The Hall–Kier alpha value is -1.62. The lowest BCUT2D eigenvalue weighted by Gasteiger charge is -2.12. The second-order valence-corrected chi connectivity index (χ2v) is 5.56.